The Labute approximate surface area is 272 Å². The van der Waals surface area contributed by atoms with E-state index in [2.05, 4.69) is 26.3 Å². The van der Waals surface area contributed by atoms with Gasteiger partial charge in [0.2, 0.25) is 23.6 Å². The van der Waals surface area contributed by atoms with Crippen molar-refractivity contribution in [3.63, 3.8) is 0 Å². The van der Waals surface area contributed by atoms with Gasteiger partial charge in [-0.25, -0.2) is 0 Å². The molecule has 0 aliphatic heterocycles. The summed E-state index contributed by atoms with van der Waals surface area (Å²) < 4.78 is 0. The minimum atomic E-state index is -1.23. The molecule has 4 aromatic rings. The molecule has 1 aromatic heterocycles. The molecule has 0 saturated heterocycles. The van der Waals surface area contributed by atoms with Crippen molar-refractivity contribution in [1.82, 2.24) is 26.3 Å². The van der Waals surface area contributed by atoms with E-state index in [-0.39, 0.29) is 19.3 Å². The number of rotatable bonds is 15. The standard InChI is InChI=1S/C35H40N6O6/c1-21(31(42)40-29(17-23-11-5-3-6-12-23)34(45)39-22(2)35(46)47)38-33(44)30(18-24-13-7-4-8-14-24)41-32(43)27(36)19-25-20-37-28-16-10-9-15-26(25)28/h3-16,20-22,27,29-30,37H,17-19,36H2,1-2H3,(H,38,44)(H,39,45)(H,40,42)(H,41,43)(H,46,47). The molecule has 12 heteroatoms. The average Bonchev–Trinajstić information content (AvgIpc) is 3.47. The highest BCUT2D eigenvalue weighted by Gasteiger charge is 2.30. The fourth-order valence-corrected chi connectivity index (χ4v) is 5.08. The second-order valence-corrected chi connectivity index (χ2v) is 11.5. The Kier molecular flexibility index (Phi) is 11.8. The van der Waals surface area contributed by atoms with E-state index >= 15 is 0 Å². The molecule has 47 heavy (non-hydrogen) atoms. The van der Waals surface area contributed by atoms with E-state index in [4.69, 9.17) is 5.73 Å². The highest BCUT2D eigenvalue weighted by molar-refractivity contribution is 5.95. The zero-order valence-electron chi connectivity index (χ0n) is 26.2. The summed E-state index contributed by atoms with van der Waals surface area (Å²) in [6.45, 7) is 2.77. The van der Waals surface area contributed by atoms with Crippen LogP contribution < -0.4 is 27.0 Å². The minimum Gasteiger partial charge on any atom is -0.480 e. The third-order valence-corrected chi connectivity index (χ3v) is 7.76. The van der Waals surface area contributed by atoms with Gasteiger partial charge in [0, 0.05) is 29.9 Å². The van der Waals surface area contributed by atoms with Gasteiger partial charge < -0.3 is 37.1 Å². The average molecular weight is 641 g/mol. The van der Waals surface area contributed by atoms with Gasteiger partial charge in [0.15, 0.2) is 0 Å². The maximum Gasteiger partial charge on any atom is 0.325 e. The van der Waals surface area contributed by atoms with Crippen molar-refractivity contribution < 1.29 is 29.1 Å². The van der Waals surface area contributed by atoms with Crippen LogP contribution in [0.15, 0.2) is 91.1 Å². The summed E-state index contributed by atoms with van der Waals surface area (Å²) in [6, 6.07) is 20.3. The molecule has 5 atom stereocenters. The highest BCUT2D eigenvalue weighted by Crippen LogP contribution is 2.19. The molecule has 12 nitrogen and oxygen atoms in total. The van der Waals surface area contributed by atoms with Gasteiger partial charge in [-0.15, -0.1) is 0 Å². The Morgan fingerprint density at radius 2 is 1.13 bits per heavy atom. The smallest absolute Gasteiger partial charge is 0.325 e. The van der Waals surface area contributed by atoms with Crippen molar-refractivity contribution in [2.24, 2.45) is 5.73 Å². The van der Waals surface area contributed by atoms with Crippen LogP contribution in [0.25, 0.3) is 10.9 Å². The van der Waals surface area contributed by atoms with Gasteiger partial charge in [0.05, 0.1) is 6.04 Å². The summed E-state index contributed by atoms with van der Waals surface area (Å²) in [7, 11) is 0. The monoisotopic (exact) mass is 640 g/mol. The topological polar surface area (TPSA) is 196 Å². The van der Waals surface area contributed by atoms with Crippen molar-refractivity contribution in [3.05, 3.63) is 108 Å². The molecule has 0 fully saturated rings. The van der Waals surface area contributed by atoms with Crippen LogP contribution in [0.4, 0.5) is 0 Å². The van der Waals surface area contributed by atoms with Crippen molar-refractivity contribution in [2.75, 3.05) is 0 Å². The van der Waals surface area contributed by atoms with Crippen LogP contribution in [0.2, 0.25) is 0 Å². The number of aromatic amines is 1. The van der Waals surface area contributed by atoms with Crippen molar-refractivity contribution in [2.45, 2.75) is 63.3 Å². The first kappa shape index (κ1) is 34.4. The van der Waals surface area contributed by atoms with Gasteiger partial charge in [-0.3, -0.25) is 24.0 Å². The van der Waals surface area contributed by atoms with Gasteiger partial charge in [0.25, 0.3) is 0 Å². The number of hydrogen-bond donors (Lipinski definition) is 7. The zero-order chi connectivity index (χ0) is 33.9. The molecule has 0 spiro atoms. The molecule has 5 unspecified atom stereocenters. The lowest BCUT2D eigenvalue weighted by molar-refractivity contribution is -0.141. The lowest BCUT2D eigenvalue weighted by atomic mass is 10.0. The van der Waals surface area contributed by atoms with E-state index in [9.17, 15) is 29.1 Å². The molecule has 0 aliphatic rings. The highest BCUT2D eigenvalue weighted by atomic mass is 16.4. The quantitative estimate of drug-likeness (QED) is 0.102. The van der Waals surface area contributed by atoms with Gasteiger partial charge in [-0.1, -0.05) is 78.9 Å². The van der Waals surface area contributed by atoms with Crippen molar-refractivity contribution in [3.8, 4) is 0 Å². The van der Waals surface area contributed by atoms with Gasteiger partial charge in [-0.2, -0.15) is 0 Å². The molecule has 0 bridgehead atoms. The summed E-state index contributed by atoms with van der Waals surface area (Å²) in [4.78, 5) is 67.6. The Hall–Kier alpha value is -5.49. The summed E-state index contributed by atoms with van der Waals surface area (Å²) in [6.07, 6.45) is 2.27. The van der Waals surface area contributed by atoms with Crippen LogP contribution in [-0.2, 0) is 43.2 Å². The number of fused-ring (bicyclic) bond motifs is 1. The maximum absolute atomic E-state index is 13.5. The molecule has 3 aromatic carbocycles. The lowest BCUT2D eigenvalue weighted by Crippen LogP contribution is -2.58. The number of carbonyl (C=O) groups is 5. The maximum atomic E-state index is 13.5. The molecule has 0 saturated carbocycles. The largest absolute Gasteiger partial charge is 0.480 e. The first-order valence-electron chi connectivity index (χ1n) is 15.3. The zero-order valence-corrected chi connectivity index (χ0v) is 26.2. The predicted molar refractivity (Wildman–Crippen MR) is 177 cm³/mol. The van der Waals surface area contributed by atoms with E-state index in [0.717, 1.165) is 27.6 Å². The number of aromatic nitrogens is 1. The van der Waals surface area contributed by atoms with Gasteiger partial charge >= 0.3 is 5.97 Å². The second kappa shape index (κ2) is 16.2. The predicted octanol–water partition coefficient (Wildman–Crippen LogP) is 1.59. The Morgan fingerprint density at radius 1 is 0.638 bits per heavy atom. The second-order valence-electron chi connectivity index (χ2n) is 11.5. The first-order chi connectivity index (χ1) is 22.5. The number of carboxylic acids is 1. The summed E-state index contributed by atoms with van der Waals surface area (Å²) in [5.74, 6) is -3.73. The fraction of sp³-hybridized carbons (Fsp3) is 0.286. The summed E-state index contributed by atoms with van der Waals surface area (Å²) in [5.41, 5.74) is 9.60. The third-order valence-electron chi connectivity index (χ3n) is 7.76. The Balaban J connectivity index is 1.44. The van der Waals surface area contributed by atoms with Crippen molar-refractivity contribution >= 4 is 40.5 Å². The SMILES string of the molecule is CC(NC(=O)C(Cc1ccccc1)NC(=O)C(C)NC(=O)C(Cc1ccccc1)NC(=O)C(N)Cc1c[nH]c2ccccc12)C(=O)O. The van der Waals surface area contributed by atoms with Crippen LogP contribution in [0.3, 0.4) is 0 Å². The molecule has 4 amide bonds. The number of nitrogens with one attached hydrogen (secondary N) is 5. The van der Waals surface area contributed by atoms with Crippen LogP contribution >= 0.6 is 0 Å². The van der Waals surface area contributed by atoms with Gasteiger partial charge in [-0.05, 0) is 43.0 Å². The van der Waals surface area contributed by atoms with E-state index < -0.39 is 59.8 Å². The van der Waals surface area contributed by atoms with E-state index in [1.54, 1.807) is 36.5 Å². The third kappa shape index (κ3) is 9.75. The Morgan fingerprint density at radius 3 is 1.68 bits per heavy atom. The van der Waals surface area contributed by atoms with Crippen molar-refractivity contribution in [1.29, 1.82) is 0 Å². The lowest BCUT2D eigenvalue weighted by Gasteiger charge is -2.25. The number of carbonyl (C=O) groups excluding carboxylic acids is 4. The molecular formula is C35H40N6O6. The number of H-pyrrole nitrogens is 1. The molecular weight excluding hydrogens is 600 g/mol. The molecule has 246 valence electrons. The number of hydrogen-bond acceptors (Lipinski definition) is 6. The fourth-order valence-electron chi connectivity index (χ4n) is 5.08. The van der Waals surface area contributed by atoms with E-state index in [1.165, 1.54) is 13.8 Å². The number of aliphatic carboxylic acids is 1. The molecule has 8 N–H and O–H groups in total. The van der Waals surface area contributed by atoms with Crippen LogP contribution in [0.1, 0.15) is 30.5 Å². The molecule has 0 aliphatic carbocycles. The molecule has 1 heterocycles. The summed E-state index contributed by atoms with van der Waals surface area (Å²) in [5, 5.41) is 20.6. The molecule has 0 radical (unpaired) electrons. The van der Waals surface area contributed by atoms with Gasteiger partial charge in [0.1, 0.15) is 24.2 Å². The number of para-hydroxylation sites is 1. The van der Waals surface area contributed by atoms with E-state index in [0.29, 0.717) is 0 Å². The number of benzene rings is 3. The summed E-state index contributed by atoms with van der Waals surface area (Å²) >= 11 is 0. The normalized spacial score (nSPS) is 14.2. The number of nitrogens with two attached hydrogens (primary N) is 1. The molecule has 4 rings (SSSR count). The number of carboxylic acid groups (broad SMARTS) is 1. The Bertz CT molecular complexity index is 1690. The first-order valence-corrected chi connectivity index (χ1v) is 15.3. The van der Waals surface area contributed by atoms with E-state index in [1.807, 2.05) is 54.6 Å². The van der Waals surface area contributed by atoms with Crippen LogP contribution in [0, 0.1) is 0 Å². The van der Waals surface area contributed by atoms with Crippen LogP contribution in [0.5, 0.6) is 0 Å². The van der Waals surface area contributed by atoms with Crippen LogP contribution in [-0.4, -0.2) is 69.9 Å². The number of amides is 4. The minimum absolute atomic E-state index is 0.0897.